The highest BCUT2D eigenvalue weighted by atomic mass is 16.6. The van der Waals surface area contributed by atoms with Gasteiger partial charge in [0, 0.05) is 31.0 Å². The Bertz CT molecular complexity index is 1020. The van der Waals surface area contributed by atoms with E-state index in [0.717, 1.165) is 37.2 Å². The van der Waals surface area contributed by atoms with Gasteiger partial charge in [-0.2, -0.15) is 0 Å². The molecule has 3 aromatic rings. The third kappa shape index (κ3) is 2.68. The van der Waals surface area contributed by atoms with E-state index in [0.29, 0.717) is 5.92 Å². The number of anilines is 1. The van der Waals surface area contributed by atoms with Gasteiger partial charge < -0.3 is 4.90 Å². The minimum Gasteiger partial charge on any atom is -0.371 e. The minimum absolute atomic E-state index is 0.0716. The molecule has 4 heteroatoms. The molecule has 140 valence electrons. The molecule has 0 aromatic heterocycles. The van der Waals surface area contributed by atoms with Crippen LogP contribution in [0.5, 0.6) is 0 Å². The fourth-order valence-corrected chi connectivity index (χ4v) is 5.01. The molecule has 2 aliphatic rings. The molecule has 4 nitrogen and oxygen atoms in total. The van der Waals surface area contributed by atoms with Gasteiger partial charge in [-0.1, -0.05) is 60.7 Å². The van der Waals surface area contributed by atoms with Gasteiger partial charge in [-0.05, 0) is 35.6 Å². The number of rotatable bonds is 3. The largest absolute Gasteiger partial charge is 0.371 e. The monoisotopic (exact) mass is 370 g/mol. The normalized spacial score (nSPS) is 20.5. The highest BCUT2D eigenvalue weighted by Crippen LogP contribution is 2.51. The molecule has 5 rings (SSSR count). The quantitative estimate of drug-likeness (QED) is 0.453. The topological polar surface area (TPSA) is 46.4 Å². The van der Waals surface area contributed by atoms with Crippen molar-refractivity contribution in [2.24, 2.45) is 0 Å². The Hall–Kier alpha value is -3.14. The molecule has 0 bridgehead atoms. The first kappa shape index (κ1) is 17.0. The Kier molecular flexibility index (Phi) is 4.12. The zero-order valence-corrected chi connectivity index (χ0v) is 15.6. The summed E-state index contributed by atoms with van der Waals surface area (Å²) in [5.41, 5.74) is 5.96. The summed E-state index contributed by atoms with van der Waals surface area (Å²) in [6.45, 7) is 1.89. The summed E-state index contributed by atoms with van der Waals surface area (Å²) in [4.78, 5) is 14.1. The average Bonchev–Trinajstić information content (AvgIpc) is 2.75. The van der Waals surface area contributed by atoms with Crippen LogP contribution in [0.1, 0.15) is 46.9 Å². The lowest BCUT2D eigenvalue weighted by Crippen LogP contribution is -2.37. The van der Waals surface area contributed by atoms with Crippen LogP contribution in [0.15, 0.2) is 72.8 Å². The Morgan fingerprint density at radius 2 is 1.36 bits per heavy atom. The van der Waals surface area contributed by atoms with E-state index in [2.05, 4.69) is 41.3 Å². The Labute approximate surface area is 164 Å². The summed E-state index contributed by atoms with van der Waals surface area (Å²) < 4.78 is 0. The van der Waals surface area contributed by atoms with Gasteiger partial charge in [-0.25, -0.2) is 0 Å². The summed E-state index contributed by atoms with van der Waals surface area (Å²) in [6, 6.07) is 24.5. The molecule has 3 aromatic carbocycles. The number of nitro groups is 1. The predicted octanol–water partition coefficient (Wildman–Crippen LogP) is 5.47. The Balaban J connectivity index is 1.73. The molecular weight excluding hydrogens is 348 g/mol. The van der Waals surface area contributed by atoms with Crippen molar-refractivity contribution in [1.29, 1.82) is 0 Å². The first-order chi connectivity index (χ1) is 13.7. The maximum atomic E-state index is 11.9. The maximum Gasteiger partial charge on any atom is 0.275 e. The number of benzene rings is 3. The fraction of sp³-hybridized carbons (Fsp3) is 0.250. The molecule has 0 aliphatic carbocycles. The summed E-state index contributed by atoms with van der Waals surface area (Å²) in [5.74, 6) is 0.365. The van der Waals surface area contributed by atoms with E-state index in [1.165, 1.54) is 16.7 Å². The third-order valence-electron chi connectivity index (χ3n) is 6.24. The lowest BCUT2D eigenvalue weighted by Gasteiger charge is -2.42. The van der Waals surface area contributed by atoms with Crippen molar-refractivity contribution in [1.82, 2.24) is 0 Å². The van der Waals surface area contributed by atoms with Gasteiger partial charge in [-0.15, -0.1) is 0 Å². The second-order valence-electron chi connectivity index (χ2n) is 7.68. The molecule has 0 N–H and O–H groups in total. The standard InChI is InChI=1S/C24H22N2O2/c27-26(28)22-12-11-21-19(17-7-3-1-4-8-17)13-15-25-16-14-20(23(22)24(21)25)18-9-5-2-6-10-18/h1-12,19-20H,13-16H2/t19-,20+/m0/s1. The van der Waals surface area contributed by atoms with Crippen LogP contribution in [-0.4, -0.2) is 18.0 Å². The van der Waals surface area contributed by atoms with Gasteiger partial charge in [0.25, 0.3) is 5.69 Å². The highest BCUT2D eigenvalue weighted by molar-refractivity contribution is 5.73. The third-order valence-corrected chi connectivity index (χ3v) is 6.24. The van der Waals surface area contributed by atoms with Crippen LogP contribution in [0.2, 0.25) is 0 Å². The van der Waals surface area contributed by atoms with Crippen LogP contribution in [0.3, 0.4) is 0 Å². The van der Waals surface area contributed by atoms with Crippen molar-refractivity contribution in [3.8, 4) is 0 Å². The van der Waals surface area contributed by atoms with Crippen molar-refractivity contribution in [2.45, 2.75) is 24.7 Å². The number of hydrogen-bond donors (Lipinski definition) is 0. The summed E-state index contributed by atoms with van der Waals surface area (Å²) in [6.07, 6.45) is 1.96. The Morgan fingerprint density at radius 1 is 0.786 bits per heavy atom. The molecule has 2 aliphatic heterocycles. The molecule has 0 fully saturated rings. The van der Waals surface area contributed by atoms with Gasteiger partial charge >= 0.3 is 0 Å². The zero-order chi connectivity index (χ0) is 19.1. The van der Waals surface area contributed by atoms with Crippen LogP contribution in [0.4, 0.5) is 11.4 Å². The van der Waals surface area contributed by atoms with Crippen molar-refractivity contribution >= 4 is 11.4 Å². The summed E-state index contributed by atoms with van der Waals surface area (Å²) in [7, 11) is 0. The SMILES string of the molecule is O=[N+]([O-])c1ccc2c3c1[C@@H](c1ccccc1)CCN3CC[C@H]2c1ccccc1. The van der Waals surface area contributed by atoms with Crippen molar-refractivity contribution < 1.29 is 4.92 Å². The lowest BCUT2D eigenvalue weighted by atomic mass is 9.76. The van der Waals surface area contributed by atoms with Crippen LogP contribution in [0.25, 0.3) is 0 Å². The predicted molar refractivity (Wildman–Crippen MR) is 111 cm³/mol. The van der Waals surface area contributed by atoms with Crippen molar-refractivity contribution in [3.05, 3.63) is 105 Å². The fourth-order valence-electron chi connectivity index (χ4n) is 5.01. The second kappa shape index (κ2) is 6.79. The van der Waals surface area contributed by atoms with E-state index in [-0.39, 0.29) is 16.5 Å². The van der Waals surface area contributed by atoms with Gasteiger partial charge in [0.15, 0.2) is 0 Å². The molecule has 0 spiro atoms. The molecule has 0 saturated carbocycles. The molecule has 2 atom stereocenters. The molecule has 2 heterocycles. The van der Waals surface area contributed by atoms with E-state index in [1.807, 2.05) is 30.3 Å². The molecule has 0 radical (unpaired) electrons. The number of nitro benzene ring substituents is 1. The second-order valence-corrected chi connectivity index (χ2v) is 7.68. The van der Waals surface area contributed by atoms with Crippen LogP contribution in [0, 0.1) is 10.1 Å². The van der Waals surface area contributed by atoms with E-state index < -0.39 is 0 Å². The first-order valence-electron chi connectivity index (χ1n) is 9.90. The first-order valence-corrected chi connectivity index (χ1v) is 9.90. The van der Waals surface area contributed by atoms with Crippen molar-refractivity contribution in [2.75, 3.05) is 18.0 Å². The lowest BCUT2D eigenvalue weighted by molar-refractivity contribution is -0.385. The number of hydrogen-bond acceptors (Lipinski definition) is 3. The van der Waals surface area contributed by atoms with E-state index in [1.54, 1.807) is 6.07 Å². The molecule has 0 unspecified atom stereocenters. The highest BCUT2D eigenvalue weighted by Gasteiger charge is 2.38. The van der Waals surface area contributed by atoms with Gasteiger partial charge in [0.2, 0.25) is 0 Å². The molecule has 28 heavy (non-hydrogen) atoms. The average molecular weight is 370 g/mol. The Morgan fingerprint density at radius 3 is 1.96 bits per heavy atom. The smallest absolute Gasteiger partial charge is 0.275 e. The molecular formula is C24H22N2O2. The summed E-state index contributed by atoms with van der Waals surface area (Å²) >= 11 is 0. The van der Waals surface area contributed by atoms with Crippen LogP contribution in [-0.2, 0) is 0 Å². The van der Waals surface area contributed by atoms with Crippen molar-refractivity contribution in [3.63, 3.8) is 0 Å². The van der Waals surface area contributed by atoms with E-state index in [4.69, 9.17) is 0 Å². The van der Waals surface area contributed by atoms with Crippen LogP contribution >= 0.6 is 0 Å². The maximum absolute atomic E-state index is 11.9. The minimum atomic E-state index is -0.207. The number of nitrogens with zero attached hydrogens (tertiary/aromatic N) is 2. The van der Waals surface area contributed by atoms with E-state index >= 15 is 0 Å². The zero-order valence-electron chi connectivity index (χ0n) is 15.6. The van der Waals surface area contributed by atoms with Gasteiger partial charge in [0.1, 0.15) is 0 Å². The van der Waals surface area contributed by atoms with Gasteiger partial charge in [-0.3, -0.25) is 10.1 Å². The molecule has 0 amide bonds. The van der Waals surface area contributed by atoms with Gasteiger partial charge in [0.05, 0.1) is 16.2 Å². The van der Waals surface area contributed by atoms with Crippen LogP contribution < -0.4 is 4.90 Å². The van der Waals surface area contributed by atoms with E-state index in [9.17, 15) is 10.1 Å². The summed E-state index contributed by atoms with van der Waals surface area (Å²) in [5, 5.41) is 11.9. The molecule has 0 saturated heterocycles.